The summed E-state index contributed by atoms with van der Waals surface area (Å²) in [5.41, 5.74) is 2.72. The Bertz CT molecular complexity index is 648. The Labute approximate surface area is 141 Å². The van der Waals surface area contributed by atoms with Gasteiger partial charge in [-0.05, 0) is 65.2 Å². The standard InChI is InChI=1S/C16H15Br2NO2/c1-10-7-12(17)8-11(2)16(10)21-9-15(20)19-14-6-4-3-5-13(14)18/h3-8H,9H2,1-2H3,(H,19,20). The van der Waals surface area contributed by atoms with E-state index in [1.54, 1.807) is 0 Å². The molecule has 110 valence electrons. The van der Waals surface area contributed by atoms with Crippen LogP contribution in [-0.4, -0.2) is 12.5 Å². The Kier molecular flexibility index (Phi) is 5.42. The molecule has 2 aromatic rings. The lowest BCUT2D eigenvalue weighted by molar-refractivity contribution is -0.118. The van der Waals surface area contributed by atoms with E-state index in [1.807, 2.05) is 50.2 Å². The van der Waals surface area contributed by atoms with Gasteiger partial charge >= 0.3 is 0 Å². The number of carbonyl (C=O) groups excluding carboxylic acids is 1. The van der Waals surface area contributed by atoms with Crippen LogP contribution in [0.25, 0.3) is 0 Å². The van der Waals surface area contributed by atoms with Crippen molar-refractivity contribution in [3.05, 3.63) is 56.5 Å². The van der Waals surface area contributed by atoms with Crippen LogP contribution in [0.3, 0.4) is 0 Å². The highest BCUT2D eigenvalue weighted by Gasteiger charge is 2.09. The highest BCUT2D eigenvalue weighted by Crippen LogP contribution is 2.27. The van der Waals surface area contributed by atoms with Crippen LogP contribution in [0.1, 0.15) is 11.1 Å². The Morgan fingerprint density at radius 3 is 2.38 bits per heavy atom. The van der Waals surface area contributed by atoms with Gasteiger partial charge < -0.3 is 10.1 Å². The molecule has 21 heavy (non-hydrogen) atoms. The number of para-hydroxylation sites is 1. The van der Waals surface area contributed by atoms with Gasteiger partial charge in [0.1, 0.15) is 5.75 Å². The van der Waals surface area contributed by atoms with Crippen LogP contribution in [-0.2, 0) is 4.79 Å². The first-order valence-electron chi connectivity index (χ1n) is 6.41. The second-order valence-corrected chi connectivity index (χ2v) is 6.46. The van der Waals surface area contributed by atoms with Crippen molar-refractivity contribution in [2.24, 2.45) is 0 Å². The van der Waals surface area contributed by atoms with E-state index in [4.69, 9.17) is 4.74 Å². The maximum absolute atomic E-state index is 12.0. The highest BCUT2D eigenvalue weighted by molar-refractivity contribution is 9.10. The van der Waals surface area contributed by atoms with E-state index in [-0.39, 0.29) is 12.5 Å². The van der Waals surface area contributed by atoms with Gasteiger partial charge in [-0.15, -0.1) is 0 Å². The summed E-state index contributed by atoms with van der Waals surface area (Å²) in [5, 5.41) is 2.81. The fourth-order valence-corrected chi connectivity index (χ4v) is 3.08. The summed E-state index contributed by atoms with van der Waals surface area (Å²) in [6.07, 6.45) is 0. The second kappa shape index (κ2) is 7.09. The molecule has 0 atom stereocenters. The monoisotopic (exact) mass is 411 g/mol. The molecule has 0 aliphatic rings. The van der Waals surface area contributed by atoms with Gasteiger partial charge in [-0.3, -0.25) is 4.79 Å². The van der Waals surface area contributed by atoms with Crippen molar-refractivity contribution in [2.45, 2.75) is 13.8 Å². The lowest BCUT2D eigenvalue weighted by Gasteiger charge is -2.13. The van der Waals surface area contributed by atoms with Crippen molar-refractivity contribution < 1.29 is 9.53 Å². The molecule has 0 unspecified atom stereocenters. The van der Waals surface area contributed by atoms with Crippen molar-refractivity contribution in [1.82, 2.24) is 0 Å². The van der Waals surface area contributed by atoms with Crippen molar-refractivity contribution >= 4 is 43.5 Å². The molecule has 0 aliphatic heterocycles. The van der Waals surface area contributed by atoms with Gasteiger partial charge in [0.05, 0.1) is 5.69 Å². The largest absolute Gasteiger partial charge is 0.483 e. The maximum Gasteiger partial charge on any atom is 0.262 e. The minimum atomic E-state index is -0.191. The lowest BCUT2D eigenvalue weighted by atomic mass is 10.1. The molecule has 0 fully saturated rings. The first-order valence-corrected chi connectivity index (χ1v) is 8.00. The van der Waals surface area contributed by atoms with Crippen molar-refractivity contribution in [3.8, 4) is 5.75 Å². The molecule has 1 N–H and O–H groups in total. The number of nitrogens with one attached hydrogen (secondary N) is 1. The predicted octanol–water partition coefficient (Wildman–Crippen LogP) is 4.85. The number of carbonyl (C=O) groups is 1. The summed E-state index contributed by atoms with van der Waals surface area (Å²) in [4.78, 5) is 12.0. The average molecular weight is 413 g/mol. The smallest absolute Gasteiger partial charge is 0.262 e. The molecule has 1 amide bonds. The van der Waals surface area contributed by atoms with Gasteiger partial charge in [-0.2, -0.15) is 0 Å². The number of hydrogen-bond acceptors (Lipinski definition) is 2. The maximum atomic E-state index is 12.0. The summed E-state index contributed by atoms with van der Waals surface area (Å²) < 4.78 is 7.49. The molecule has 0 heterocycles. The van der Waals surface area contributed by atoms with Crippen LogP contribution >= 0.6 is 31.9 Å². The summed E-state index contributed by atoms with van der Waals surface area (Å²) in [5.74, 6) is 0.559. The van der Waals surface area contributed by atoms with E-state index in [0.29, 0.717) is 0 Å². The Morgan fingerprint density at radius 2 is 1.76 bits per heavy atom. The zero-order valence-electron chi connectivity index (χ0n) is 11.7. The summed E-state index contributed by atoms with van der Waals surface area (Å²) in [7, 11) is 0. The minimum Gasteiger partial charge on any atom is -0.483 e. The predicted molar refractivity (Wildman–Crippen MR) is 91.9 cm³/mol. The molecule has 3 nitrogen and oxygen atoms in total. The quantitative estimate of drug-likeness (QED) is 0.779. The zero-order chi connectivity index (χ0) is 15.4. The number of hydrogen-bond donors (Lipinski definition) is 1. The molecular weight excluding hydrogens is 398 g/mol. The van der Waals surface area contributed by atoms with Crippen molar-refractivity contribution in [2.75, 3.05) is 11.9 Å². The molecule has 2 aromatic carbocycles. The normalized spacial score (nSPS) is 10.3. The Balaban J connectivity index is 2.01. The molecule has 2 rings (SSSR count). The van der Waals surface area contributed by atoms with E-state index in [2.05, 4.69) is 37.2 Å². The van der Waals surface area contributed by atoms with Gasteiger partial charge in [-0.1, -0.05) is 28.1 Å². The number of aryl methyl sites for hydroxylation is 2. The third-order valence-electron chi connectivity index (χ3n) is 2.92. The van der Waals surface area contributed by atoms with Gasteiger partial charge in [0, 0.05) is 8.95 Å². The molecule has 0 aromatic heterocycles. The molecule has 0 saturated heterocycles. The van der Waals surface area contributed by atoms with Crippen molar-refractivity contribution in [3.63, 3.8) is 0 Å². The van der Waals surface area contributed by atoms with E-state index < -0.39 is 0 Å². The number of anilines is 1. The number of amides is 1. The van der Waals surface area contributed by atoms with E-state index in [0.717, 1.165) is 31.5 Å². The van der Waals surface area contributed by atoms with Crippen LogP contribution in [0.5, 0.6) is 5.75 Å². The SMILES string of the molecule is Cc1cc(Br)cc(C)c1OCC(=O)Nc1ccccc1Br. The van der Waals surface area contributed by atoms with E-state index in [9.17, 15) is 4.79 Å². The third kappa shape index (κ3) is 4.32. The van der Waals surface area contributed by atoms with Gasteiger partial charge in [0.25, 0.3) is 5.91 Å². The van der Waals surface area contributed by atoms with Crippen LogP contribution < -0.4 is 10.1 Å². The first-order chi connectivity index (χ1) is 9.97. The number of rotatable bonds is 4. The first kappa shape index (κ1) is 16.0. The second-order valence-electron chi connectivity index (χ2n) is 4.69. The van der Waals surface area contributed by atoms with Crippen LogP contribution in [0.15, 0.2) is 45.3 Å². The van der Waals surface area contributed by atoms with E-state index >= 15 is 0 Å². The summed E-state index contributed by atoms with van der Waals surface area (Å²) in [6.45, 7) is 3.89. The van der Waals surface area contributed by atoms with Gasteiger partial charge in [-0.25, -0.2) is 0 Å². The Hall–Kier alpha value is -1.33. The molecular formula is C16H15Br2NO2. The van der Waals surface area contributed by atoms with Crippen LogP contribution in [0.2, 0.25) is 0 Å². The number of ether oxygens (including phenoxy) is 1. The topological polar surface area (TPSA) is 38.3 Å². The molecule has 0 aliphatic carbocycles. The average Bonchev–Trinajstić information content (AvgIpc) is 2.40. The number of halogens is 2. The number of benzene rings is 2. The fourth-order valence-electron chi connectivity index (χ4n) is 2.01. The van der Waals surface area contributed by atoms with Crippen LogP contribution in [0.4, 0.5) is 5.69 Å². The summed E-state index contributed by atoms with van der Waals surface area (Å²) >= 11 is 6.83. The lowest BCUT2D eigenvalue weighted by Crippen LogP contribution is -2.20. The molecule has 0 saturated carbocycles. The minimum absolute atomic E-state index is 0.0232. The molecule has 5 heteroatoms. The zero-order valence-corrected chi connectivity index (χ0v) is 14.9. The molecule has 0 bridgehead atoms. The van der Waals surface area contributed by atoms with Crippen molar-refractivity contribution in [1.29, 1.82) is 0 Å². The Morgan fingerprint density at radius 1 is 1.14 bits per heavy atom. The van der Waals surface area contributed by atoms with Gasteiger partial charge in [0.2, 0.25) is 0 Å². The summed E-state index contributed by atoms with van der Waals surface area (Å²) in [6, 6.07) is 11.4. The van der Waals surface area contributed by atoms with Gasteiger partial charge in [0.15, 0.2) is 6.61 Å². The third-order valence-corrected chi connectivity index (χ3v) is 4.07. The van der Waals surface area contributed by atoms with Crippen LogP contribution in [0, 0.1) is 13.8 Å². The highest BCUT2D eigenvalue weighted by atomic mass is 79.9. The molecule has 0 spiro atoms. The fraction of sp³-hybridized carbons (Fsp3) is 0.188. The molecule has 0 radical (unpaired) electrons. The van der Waals surface area contributed by atoms with E-state index in [1.165, 1.54) is 0 Å².